The third-order valence-corrected chi connectivity index (χ3v) is 6.88. The Morgan fingerprint density at radius 3 is 2.54 bits per heavy atom. The van der Waals surface area contributed by atoms with Crippen LogP contribution in [0.3, 0.4) is 0 Å². The summed E-state index contributed by atoms with van der Waals surface area (Å²) in [5.41, 5.74) is 0.310. The summed E-state index contributed by atoms with van der Waals surface area (Å²) in [7, 11) is -2.18. The Balaban J connectivity index is 2.19. The highest BCUT2D eigenvalue weighted by molar-refractivity contribution is 7.89. The van der Waals surface area contributed by atoms with Gasteiger partial charge in [-0.15, -0.1) is 0 Å². The summed E-state index contributed by atoms with van der Waals surface area (Å²) >= 11 is 0. The highest BCUT2D eigenvalue weighted by atomic mass is 32.2. The lowest BCUT2D eigenvalue weighted by Gasteiger charge is -2.27. The zero-order valence-electron chi connectivity index (χ0n) is 17.4. The van der Waals surface area contributed by atoms with Crippen LogP contribution in [0.25, 0.3) is 0 Å². The van der Waals surface area contributed by atoms with E-state index in [1.807, 2.05) is 0 Å². The fraction of sp³-hybridized carbons (Fsp3) is 0.667. The second-order valence-electron chi connectivity index (χ2n) is 7.48. The van der Waals surface area contributed by atoms with E-state index in [2.05, 4.69) is 18.6 Å². The van der Waals surface area contributed by atoms with Crippen molar-refractivity contribution in [3.63, 3.8) is 0 Å². The zero-order valence-corrected chi connectivity index (χ0v) is 18.2. The SMILES string of the molecule is CCCC[C@H](CC)CNS(=O)(=O)c1ccc(OC)c(C(=O)N2CCCCC2)c1. The Kier molecular flexibility index (Phi) is 8.76. The summed E-state index contributed by atoms with van der Waals surface area (Å²) in [5, 5.41) is 0. The number of carbonyl (C=O) groups is 1. The predicted molar refractivity (Wildman–Crippen MR) is 111 cm³/mol. The zero-order chi connectivity index (χ0) is 20.6. The van der Waals surface area contributed by atoms with E-state index in [1.54, 1.807) is 11.0 Å². The predicted octanol–water partition coefficient (Wildman–Crippen LogP) is 3.82. The van der Waals surface area contributed by atoms with Gasteiger partial charge in [0.05, 0.1) is 17.6 Å². The Hall–Kier alpha value is -1.60. The van der Waals surface area contributed by atoms with Crippen molar-refractivity contribution in [2.24, 2.45) is 5.92 Å². The van der Waals surface area contributed by atoms with Gasteiger partial charge in [-0.1, -0.05) is 33.1 Å². The van der Waals surface area contributed by atoms with Crippen LogP contribution in [0.4, 0.5) is 0 Å². The summed E-state index contributed by atoms with van der Waals surface area (Å²) in [5.74, 6) is 0.564. The van der Waals surface area contributed by atoms with E-state index in [0.29, 0.717) is 36.9 Å². The minimum absolute atomic E-state index is 0.110. The third-order valence-electron chi connectivity index (χ3n) is 5.46. The van der Waals surface area contributed by atoms with Crippen molar-refractivity contribution >= 4 is 15.9 Å². The molecule has 1 saturated heterocycles. The Bertz CT molecular complexity index is 743. The van der Waals surface area contributed by atoms with E-state index in [1.165, 1.54) is 19.2 Å². The molecule has 0 saturated carbocycles. The van der Waals surface area contributed by atoms with E-state index in [4.69, 9.17) is 4.74 Å². The van der Waals surface area contributed by atoms with Crippen LogP contribution < -0.4 is 9.46 Å². The molecule has 1 amide bonds. The summed E-state index contributed by atoms with van der Waals surface area (Å²) in [6, 6.07) is 4.52. The highest BCUT2D eigenvalue weighted by Crippen LogP contribution is 2.25. The molecule has 6 nitrogen and oxygen atoms in total. The largest absolute Gasteiger partial charge is 0.496 e. The van der Waals surface area contributed by atoms with Crippen molar-refractivity contribution in [2.75, 3.05) is 26.7 Å². The van der Waals surface area contributed by atoms with E-state index in [-0.39, 0.29) is 10.8 Å². The third kappa shape index (κ3) is 5.95. The summed E-state index contributed by atoms with van der Waals surface area (Å²) < 4.78 is 33.6. The first-order valence-corrected chi connectivity index (χ1v) is 11.9. The molecule has 28 heavy (non-hydrogen) atoms. The average Bonchev–Trinajstić information content (AvgIpc) is 2.73. The number of carbonyl (C=O) groups excluding carboxylic acids is 1. The average molecular weight is 411 g/mol. The molecule has 0 radical (unpaired) electrons. The summed E-state index contributed by atoms with van der Waals surface area (Å²) in [6.45, 7) is 6.03. The minimum atomic E-state index is -3.68. The molecule has 1 aromatic carbocycles. The molecule has 1 aromatic rings. The number of amides is 1. The van der Waals surface area contributed by atoms with E-state index >= 15 is 0 Å². The topological polar surface area (TPSA) is 75.7 Å². The van der Waals surface area contributed by atoms with Gasteiger partial charge in [0.2, 0.25) is 10.0 Å². The lowest BCUT2D eigenvalue weighted by Crippen LogP contribution is -2.36. The van der Waals surface area contributed by atoms with Crippen molar-refractivity contribution in [3.05, 3.63) is 23.8 Å². The van der Waals surface area contributed by atoms with Crippen LogP contribution in [-0.2, 0) is 10.0 Å². The molecule has 1 aliphatic rings. The number of hydrogen-bond acceptors (Lipinski definition) is 4. The maximum absolute atomic E-state index is 12.9. The molecule has 158 valence electrons. The molecule has 0 aromatic heterocycles. The molecular formula is C21H34N2O4S. The molecule has 7 heteroatoms. The number of ether oxygens (including phenoxy) is 1. The molecule has 1 heterocycles. The lowest BCUT2D eigenvalue weighted by molar-refractivity contribution is 0.0720. The molecule has 2 rings (SSSR count). The van der Waals surface area contributed by atoms with Crippen molar-refractivity contribution < 1.29 is 17.9 Å². The van der Waals surface area contributed by atoms with Crippen molar-refractivity contribution in [2.45, 2.75) is 63.7 Å². The second kappa shape index (κ2) is 10.8. The summed E-state index contributed by atoms with van der Waals surface area (Å²) in [6.07, 6.45) is 7.21. The smallest absolute Gasteiger partial charge is 0.257 e. The number of benzene rings is 1. The monoisotopic (exact) mass is 410 g/mol. The molecule has 1 aliphatic heterocycles. The first kappa shape index (κ1) is 22.7. The number of nitrogens with one attached hydrogen (secondary N) is 1. The summed E-state index contributed by atoms with van der Waals surface area (Å²) in [4.78, 5) is 14.8. The maximum atomic E-state index is 12.9. The van der Waals surface area contributed by atoms with Crippen molar-refractivity contribution in [1.29, 1.82) is 0 Å². The molecule has 0 spiro atoms. The van der Waals surface area contributed by atoms with Crippen molar-refractivity contribution in [1.82, 2.24) is 9.62 Å². The van der Waals surface area contributed by atoms with Crippen LogP contribution in [0, 0.1) is 5.92 Å². The van der Waals surface area contributed by atoms with Crippen LogP contribution in [0.15, 0.2) is 23.1 Å². The second-order valence-corrected chi connectivity index (χ2v) is 9.25. The van der Waals surface area contributed by atoms with Gasteiger partial charge in [0.1, 0.15) is 5.75 Å². The molecule has 1 atom stereocenters. The van der Waals surface area contributed by atoms with Crippen molar-refractivity contribution in [3.8, 4) is 5.75 Å². The molecule has 1 fully saturated rings. The first-order valence-electron chi connectivity index (χ1n) is 10.4. The number of nitrogens with zero attached hydrogens (tertiary/aromatic N) is 1. The standard InChI is InChI=1S/C21H34N2O4S/c1-4-6-10-17(5-2)16-22-28(25,26)18-11-12-20(27-3)19(15-18)21(24)23-13-8-7-9-14-23/h11-12,15,17,22H,4-10,13-14,16H2,1-3H3/t17-/m0/s1. The van der Waals surface area contributed by atoms with E-state index < -0.39 is 10.0 Å². The fourth-order valence-corrected chi connectivity index (χ4v) is 4.68. The number of methoxy groups -OCH3 is 1. The number of hydrogen-bond donors (Lipinski definition) is 1. The molecule has 1 N–H and O–H groups in total. The van der Waals surface area contributed by atoms with Crippen LogP contribution >= 0.6 is 0 Å². The van der Waals surface area contributed by atoms with Crippen LogP contribution in [0.1, 0.15) is 69.2 Å². The minimum Gasteiger partial charge on any atom is -0.496 e. The van der Waals surface area contributed by atoms with Crippen LogP contribution in [-0.4, -0.2) is 46.0 Å². The Morgan fingerprint density at radius 2 is 1.93 bits per heavy atom. The highest BCUT2D eigenvalue weighted by Gasteiger charge is 2.24. The van der Waals surface area contributed by atoms with Gasteiger partial charge >= 0.3 is 0 Å². The Morgan fingerprint density at radius 1 is 1.21 bits per heavy atom. The number of sulfonamides is 1. The number of piperidine rings is 1. The van der Waals surface area contributed by atoms with Gasteiger partial charge < -0.3 is 9.64 Å². The maximum Gasteiger partial charge on any atom is 0.257 e. The van der Waals surface area contributed by atoms with E-state index in [9.17, 15) is 13.2 Å². The van der Waals surface area contributed by atoms with Gasteiger partial charge in [0.15, 0.2) is 0 Å². The van der Waals surface area contributed by atoms with Gasteiger partial charge in [-0.25, -0.2) is 13.1 Å². The number of unbranched alkanes of at least 4 members (excludes halogenated alkanes) is 1. The normalized spacial score (nSPS) is 16.0. The van der Waals surface area contributed by atoms with Crippen LogP contribution in [0.5, 0.6) is 5.75 Å². The molecule has 0 unspecified atom stereocenters. The lowest BCUT2D eigenvalue weighted by atomic mass is 10.00. The quantitative estimate of drug-likeness (QED) is 0.636. The van der Waals surface area contributed by atoms with Gasteiger partial charge in [-0.3, -0.25) is 4.79 Å². The van der Waals surface area contributed by atoms with Gasteiger partial charge in [-0.2, -0.15) is 0 Å². The molecule has 0 aliphatic carbocycles. The van der Waals surface area contributed by atoms with E-state index in [0.717, 1.165) is 44.9 Å². The van der Waals surface area contributed by atoms with Crippen LogP contribution in [0.2, 0.25) is 0 Å². The molecular weight excluding hydrogens is 376 g/mol. The number of rotatable bonds is 10. The Labute approximate surface area is 169 Å². The molecule has 0 bridgehead atoms. The fourth-order valence-electron chi connectivity index (χ4n) is 3.54. The first-order chi connectivity index (χ1) is 13.4. The van der Waals surface area contributed by atoms with Gasteiger partial charge in [0, 0.05) is 19.6 Å². The number of likely N-dealkylation sites (tertiary alicyclic amines) is 1. The van der Waals surface area contributed by atoms with Gasteiger partial charge in [0.25, 0.3) is 5.91 Å². The van der Waals surface area contributed by atoms with Gasteiger partial charge in [-0.05, 0) is 49.8 Å².